The Morgan fingerprint density at radius 2 is 1.73 bits per heavy atom. The number of benzene rings is 1. The van der Waals surface area contributed by atoms with Gasteiger partial charge in [-0.15, -0.1) is 0 Å². The Kier molecular flexibility index (Phi) is 7.54. The fraction of sp³-hybridized carbons (Fsp3) is 0.409. The molecule has 0 atom stereocenters. The molecule has 0 saturated carbocycles. The van der Waals surface area contributed by atoms with E-state index in [0.29, 0.717) is 26.2 Å². The lowest BCUT2D eigenvalue weighted by Crippen LogP contribution is -2.51. The lowest BCUT2D eigenvalue weighted by Gasteiger charge is -2.34. The Bertz CT molecular complexity index is 1100. The first-order chi connectivity index (χ1) is 15.6. The molecule has 1 aliphatic heterocycles. The number of piperazine rings is 1. The molecule has 0 aliphatic carbocycles. The van der Waals surface area contributed by atoms with Gasteiger partial charge in [0.2, 0.25) is 10.0 Å². The van der Waals surface area contributed by atoms with Gasteiger partial charge in [0.05, 0.1) is 16.7 Å². The van der Waals surface area contributed by atoms with Crippen molar-refractivity contribution in [1.82, 2.24) is 14.1 Å². The van der Waals surface area contributed by atoms with Crippen LogP contribution in [0.4, 0.5) is 0 Å². The lowest BCUT2D eigenvalue weighted by molar-refractivity contribution is -0.136. The molecule has 11 heteroatoms. The number of hydrogen-bond acceptors (Lipinski definition) is 7. The van der Waals surface area contributed by atoms with Crippen molar-refractivity contribution in [3.8, 4) is 0 Å². The highest BCUT2D eigenvalue weighted by atomic mass is 32.2. The first kappa shape index (κ1) is 24.5. The summed E-state index contributed by atoms with van der Waals surface area (Å²) in [6, 6.07) is 8.49. The first-order valence-corrected chi connectivity index (χ1v) is 11.9. The minimum absolute atomic E-state index is 0.0307. The molecule has 1 fully saturated rings. The number of nitrogens with zero attached hydrogens (tertiary/aromatic N) is 3. The molecule has 2 heterocycles. The van der Waals surface area contributed by atoms with Gasteiger partial charge in [0, 0.05) is 39.3 Å². The molecule has 0 spiro atoms. The zero-order valence-electron chi connectivity index (χ0n) is 18.8. The van der Waals surface area contributed by atoms with Gasteiger partial charge in [-0.25, -0.2) is 13.2 Å². The van der Waals surface area contributed by atoms with Gasteiger partial charge in [-0.3, -0.25) is 9.59 Å². The molecule has 2 aromatic rings. The maximum absolute atomic E-state index is 12.6. The average molecular weight is 478 g/mol. The van der Waals surface area contributed by atoms with Crippen molar-refractivity contribution in [2.24, 2.45) is 0 Å². The molecule has 178 valence electrons. The normalized spacial score (nSPS) is 14.6. The molecule has 1 saturated heterocycles. The summed E-state index contributed by atoms with van der Waals surface area (Å²) in [5.41, 5.74) is 0.0369. The van der Waals surface area contributed by atoms with Crippen LogP contribution < -0.4 is 0 Å². The van der Waals surface area contributed by atoms with Gasteiger partial charge in [0.15, 0.2) is 12.4 Å². The summed E-state index contributed by atoms with van der Waals surface area (Å²) >= 11 is 0. The van der Waals surface area contributed by atoms with Crippen LogP contribution in [-0.4, -0.2) is 86.2 Å². The predicted octanol–water partition coefficient (Wildman–Crippen LogP) is 1.45. The van der Waals surface area contributed by atoms with Crippen molar-refractivity contribution >= 4 is 27.8 Å². The molecule has 3 rings (SSSR count). The van der Waals surface area contributed by atoms with Crippen LogP contribution in [0.3, 0.4) is 0 Å². The van der Waals surface area contributed by atoms with Gasteiger partial charge < -0.3 is 19.0 Å². The van der Waals surface area contributed by atoms with Crippen molar-refractivity contribution < 1.29 is 32.0 Å². The van der Waals surface area contributed by atoms with Gasteiger partial charge >= 0.3 is 5.97 Å². The van der Waals surface area contributed by atoms with Crippen molar-refractivity contribution in [2.75, 3.05) is 39.8 Å². The minimum Gasteiger partial charge on any atom is -0.459 e. The number of carbonyl (C=O) groups is 3. The Morgan fingerprint density at radius 1 is 1.06 bits per heavy atom. The largest absolute Gasteiger partial charge is 0.459 e. The molecular formula is C22H27N3O7S. The summed E-state index contributed by atoms with van der Waals surface area (Å²) in [5.74, 6) is -1.18. The SMILES string of the molecule is CC(C)N(C)S(=O)(=O)c1cccc(C(=O)OCC(=O)N2CCN(C(=O)c3ccco3)CC2)c1. The van der Waals surface area contributed by atoms with Crippen molar-refractivity contribution in [3.05, 3.63) is 54.0 Å². The smallest absolute Gasteiger partial charge is 0.338 e. The van der Waals surface area contributed by atoms with Crippen LogP contribution in [0, 0.1) is 0 Å². The van der Waals surface area contributed by atoms with E-state index in [0.717, 1.165) is 0 Å². The molecule has 0 N–H and O–H groups in total. The van der Waals surface area contributed by atoms with E-state index in [4.69, 9.17) is 9.15 Å². The van der Waals surface area contributed by atoms with Crippen molar-refractivity contribution in [3.63, 3.8) is 0 Å². The van der Waals surface area contributed by atoms with E-state index in [-0.39, 0.29) is 28.2 Å². The fourth-order valence-electron chi connectivity index (χ4n) is 3.24. The van der Waals surface area contributed by atoms with E-state index >= 15 is 0 Å². The lowest BCUT2D eigenvalue weighted by atomic mass is 10.2. The summed E-state index contributed by atoms with van der Waals surface area (Å²) in [6.45, 7) is 4.29. The number of hydrogen-bond donors (Lipinski definition) is 0. The Balaban J connectivity index is 1.54. The monoisotopic (exact) mass is 477 g/mol. The fourth-order valence-corrected chi connectivity index (χ4v) is 4.66. The number of rotatable bonds is 7. The van der Waals surface area contributed by atoms with E-state index < -0.39 is 28.5 Å². The molecule has 0 radical (unpaired) electrons. The third-order valence-electron chi connectivity index (χ3n) is 5.45. The number of furan rings is 1. The summed E-state index contributed by atoms with van der Waals surface area (Å²) in [7, 11) is -2.30. The van der Waals surface area contributed by atoms with Gasteiger partial charge in [-0.2, -0.15) is 4.31 Å². The standard InChI is InChI=1S/C22H27N3O7S/c1-16(2)23(3)33(29,30)18-7-4-6-17(14-18)22(28)32-15-20(26)24-9-11-25(12-10-24)21(27)19-8-5-13-31-19/h4-8,13-14,16H,9-12,15H2,1-3H3. The van der Waals surface area contributed by atoms with E-state index in [1.54, 1.807) is 30.9 Å². The Labute approximate surface area is 192 Å². The zero-order valence-corrected chi connectivity index (χ0v) is 19.6. The third kappa shape index (κ3) is 5.60. The molecule has 10 nitrogen and oxygen atoms in total. The summed E-state index contributed by atoms with van der Waals surface area (Å²) in [4.78, 5) is 40.2. The molecule has 2 amide bonds. The van der Waals surface area contributed by atoms with E-state index in [1.807, 2.05) is 0 Å². The van der Waals surface area contributed by atoms with Gasteiger partial charge in [-0.1, -0.05) is 6.07 Å². The third-order valence-corrected chi connectivity index (χ3v) is 7.48. The van der Waals surface area contributed by atoms with Gasteiger partial charge in [0.1, 0.15) is 0 Å². The zero-order chi connectivity index (χ0) is 24.2. The Hall–Kier alpha value is -3.18. The van der Waals surface area contributed by atoms with Gasteiger partial charge in [-0.05, 0) is 44.2 Å². The van der Waals surface area contributed by atoms with Crippen LogP contribution in [-0.2, 0) is 19.6 Å². The molecule has 1 aliphatic rings. The molecule has 0 bridgehead atoms. The first-order valence-electron chi connectivity index (χ1n) is 10.5. The highest BCUT2D eigenvalue weighted by molar-refractivity contribution is 7.89. The van der Waals surface area contributed by atoms with Crippen LogP contribution >= 0.6 is 0 Å². The highest BCUT2D eigenvalue weighted by Gasteiger charge is 2.27. The van der Waals surface area contributed by atoms with Crippen molar-refractivity contribution in [1.29, 1.82) is 0 Å². The second kappa shape index (κ2) is 10.2. The molecule has 1 aromatic heterocycles. The Morgan fingerprint density at radius 3 is 2.33 bits per heavy atom. The number of sulfonamides is 1. The van der Waals surface area contributed by atoms with Crippen LogP contribution in [0.2, 0.25) is 0 Å². The maximum atomic E-state index is 12.6. The summed E-state index contributed by atoms with van der Waals surface area (Å²) in [6.07, 6.45) is 1.43. The van der Waals surface area contributed by atoms with Crippen LogP contribution in [0.15, 0.2) is 52.0 Å². The number of esters is 1. The molecule has 1 aromatic carbocycles. The van der Waals surface area contributed by atoms with E-state index in [2.05, 4.69) is 0 Å². The van der Waals surface area contributed by atoms with Crippen LogP contribution in [0.5, 0.6) is 0 Å². The second-order valence-electron chi connectivity index (χ2n) is 7.87. The predicted molar refractivity (Wildman–Crippen MR) is 118 cm³/mol. The quantitative estimate of drug-likeness (QED) is 0.554. The summed E-state index contributed by atoms with van der Waals surface area (Å²) in [5, 5.41) is 0. The van der Waals surface area contributed by atoms with Crippen molar-refractivity contribution in [2.45, 2.75) is 24.8 Å². The summed E-state index contributed by atoms with van der Waals surface area (Å²) < 4.78 is 36.7. The highest BCUT2D eigenvalue weighted by Crippen LogP contribution is 2.18. The van der Waals surface area contributed by atoms with Gasteiger partial charge in [0.25, 0.3) is 11.8 Å². The molecular weight excluding hydrogens is 450 g/mol. The van der Waals surface area contributed by atoms with E-state index in [1.165, 1.54) is 46.8 Å². The topological polar surface area (TPSA) is 117 Å². The maximum Gasteiger partial charge on any atom is 0.338 e. The number of ether oxygens (including phenoxy) is 1. The second-order valence-corrected chi connectivity index (χ2v) is 9.87. The number of carbonyl (C=O) groups excluding carboxylic acids is 3. The number of amides is 2. The van der Waals surface area contributed by atoms with Crippen LogP contribution in [0.1, 0.15) is 34.8 Å². The molecule has 0 unspecified atom stereocenters. The average Bonchev–Trinajstić information content (AvgIpc) is 3.36. The van der Waals surface area contributed by atoms with Crippen LogP contribution in [0.25, 0.3) is 0 Å². The van der Waals surface area contributed by atoms with E-state index in [9.17, 15) is 22.8 Å². The minimum atomic E-state index is -3.76. The molecule has 33 heavy (non-hydrogen) atoms.